The zero-order valence-corrected chi connectivity index (χ0v) is 35.5. The van der Waals surface area contributed by atoms with E-state index in [0.717, 1.165) is 50.2 Å². The second kappa shape index (κ2) is 16.0. The molecular weight excluding hydrogens is 787 g/mol. The maximum absolute atomic E-state index is 5.24. The summed E-state index contributed by atoms with van der Waals surface area (Å²) in [6, 6.07) is 85.2. The molecule has 3 nitrogen and oxygen atoms in total. The van der Waals surface area contributed by atoms with E-state index in [-0.39, 0.29) is 0 Å². The molecule has 0 unspecified atom stereocenters. The van der Waals surface area contributed by atoms with E-state index >= 15 is 0 Å². The molecule has 3 heteroatoms. The van der Waals surface area contributed by atoms with E-state index in [1.807, 2.05) is 30.5 Å². The molecule has 2 heterocycles. The third-order valence-electron chi connectivity index (χ3n) is 13.1. The van der Waals surface area contributed by atoms with Gasteiger partial charge in [0.05, 0.1) is 16.8 Å². The van der Waals surface area contributed by atoms with Gasteiger partial charge in [0, 0.05) is 29.1 Å². The smallest absolute Gasteiger partial charge is 0.160 e. The average Bonchev–Trinajstić information content (AvgIpc) is 3.71. The largest absolute Gasteiger partial charge is 0.264 e. The predicted octanol–water partition coefficient (Wildman–Crippen LogP) is 15.4. The maximum Gasteiger partial charge on any atom is 0.160 e. The highest BCUT2D eigenvalue weighted by molar-refractivity contribution is 6.05. The van der Waals surface area contributed by atoms with Crippen molar-refractivity contribution >= 4 is 10.8 Å². The minimum atomic E-state index is -0.442. The van der Waals surface area contributed by atoms with Gasteiger partial charge in [-0.2, -0.15) is 0 Å². The monoisotopic (exact) mass is 827 g/mol. The summed E-state index contributed by atoms with van der Waals surface area (Å²) in [5.74, 6) is 0.693. The van der Waals surface area contributed by atoms with Crippen molar-refractivity contribution in [3.8, 4) is 78.4 Å². The highest BCUT2D eigenvalue weighted by Gasteiger charge is 2.46. The molecule has 2 aromatic heterocycles. The van der Waals surface area contributed by atoms with Crippen molar-refractivity contribution in [2.45, 2.75) is 5.41 Å². The third-order valence-corrected chi connectivity index (χ3v) is 13.1. The van der Waals surface area contributed by atoms with Crippen molar-refractivity contribution in [2.24, 2.45) is 0 Å². The Hall–Kier alpha value is -8.53. The summed E-state index contributed by atoms with van der Waals surface area (Å²) >= 11 is 0. The molecule has 12 rings (SSSR count). The van der Waals surface area contributed by atoms with Crippen LogP contribution in [-0.2, 0) is 5.41 Å². The van der Waals surface area contributed by atoms with Crippen molar-refractivity contribution in [1.29, 1.82) is 0 Å². The van der Waals surface area contributed by atoms with E-state index in [1.54, 1.807) is 6.20 Å². The van der Waals surface area contributed by atoms with Gasteiger partial charge in [-0.1, -0.05) is 224 Å². The van der Waals surface area contributed by atoms with E-state index in [4.69, 9.17) is 9.97 Å². The van der Waals surface area contributed by atoms with Crippen LogP contribution in [0.4, 0.5) is 0 Å². The first kappa shape index (κ1) is 38.2. The summed E-state index contributed by atoms with van der Waals surface area (Å²) in [5.41, 5.74) is 19.1. The zero-order chi connectivity index (χ0) is 43.2. The van der Waals surface area contributed by atoms with Crippen LogP contribution in [0.25, 0.3) is 89.2 Å². The van der Waals surface area contributed by atoms with Gasteiger partial charge in [-0.15, -0.1) is 0 Å². The van der Waals surface area contributed by atoms with E-state index in [1.165, 1.54) is 55.5 Å². The van der Waals surface area contributed by atoms with Gasteiger partial charge < -0.3 is 0 Å². The first-order valence-corrected chi connectivity index (χ1v) is 22.2. The Labute approximate surface area is 379 Å². The molecule has 0 radical (unpaired) electrons. The van der Waals surface area contributed by atoms with Crippen molar-refractivity contribution in [1.82, 2.24) is 15.0 Å². The van der Waals surface area contributed by atoms with Gasteiger partial charge in [0.2, 0.25) is 0 Å². The fraction of sp³-hybridized carbons (Fsp3) is 0.0161. The standard InChI is InChI=1S/C62H41N3/c1-4-16-46(17-5-1)61-64-58(45-35-29-42(30-36-45)47-18-15-39-63-41-47)40-59(65-61)54-38-37-50(52-23-10-11-24-53(52)54)43-31-33-44(34-32-43)51-26-14-28-57-60(51)55-25-12-13-27-56(55)62(57,48-19-6-2-7-20-48)49-21-8-3-9-22-49/h1-41H. The van der Waals surface area contributed by atoms with Crippen LogP contribution in [0.5, 0.6) is 0 Å². The van der Waals surface area contributed by atoms with Crippen LogP contribution in [0.2, 0.25) is 0 Å². The number of nitrogens with zero attached hydrogens (tertiary/aromatic N) is 3. The van der Waals surface area contributed by atoms with Crippen LogP contribution in [0.3, 0.4) is 0 Å². The summed E-state index contributed by atoms with van der Waals surface area (Å²) in [4.78, 5) is 14.7. The predicted molar refractivity (Wildman–Crippen MR) is 267 cm³/mol. The first-order chi connectivity index (χ1) is 32.2. The van der Waals surface area contributed by atoms with Gasteiger partial charge >= 0.3 is 0 Å². The average molecular weight is 828 g/mol. The van der Waals surface area contributed by atoms with Crippen LogP contribution in [0.1, 0.15) is 22.3 Å². The van der Waals surface area contributed by atoms with Crippen LogP contribution in [0.15, 0.2) is 249 Å². The van der Waals surface area contributed by atoms with Crippen molar-refractivity contribution in [3.05, 3.63) is 271 Å². The highest BCUT2D eigenvalue weighted by Crippen LogP contribution is 2.58. The van der Waals surface area contributed by atoms with Gasteiger partial charge in [-0.3, -0.25) is 4.98 Å². The summed E-state index contributed by atoms with van der Waals surface area (Å²) in [6.07, 6.45) is 3.69. The minimum absolute atomic E-state index is 0.442. The number of aromatic nitrogens is 3. The van der Waals surface area contributed by atoms with Crippen LogP contribution < -0.4 is 0 Å². The van der Waals surface area contributed by atoms with Crippen molar-refractivity contribution in [3.63, 3.8) is 0 Å². The number of hydrogen-bond donors (Lipinski definition) is 0. The van der Waals surface area contributed by atoms with Gasteiger partial charge in [0.15, 0.2) is 5.82 Å². The number of pyridine rings is 1. The molecule has 0 amide bonds. The van der Waals surface area contributed by atoms with E-state index in [0.29, 0.717) is 5.82 Å². The van der Waals surface area contributed by atoms with Gasteiger partial charge in [-0.05, 0) is 89.7 Å². The number of fused-ring (bicyclic) bond motifs is 4. The second-order valence-corrected chi connectivity index (χ2v) is 16.7. The third kappa shape index (κ3) is 6.48. The fourth-order valence-corrected chi connectivity index (χ4v) is 10.2. The molecule has 1 aliphatic carbocycles. The van der Waals surface area contributed by atoms with Crippen molar-refractivity contribution < 1.29 is 0 Å². The van der Waals surface area contributed by atoms with E-state index < -0.39 is 5.41 Å². The molecule has 0 bridgehead atoms. The lowest BCUT2D eigenvalue weighted by Crippen LogP contribution is -2.28. The molecule has 304 valence electrons. The Balaban J connectivity index is 0.951. The first-order valence-electron chi connectivity index (χ1n) is 22.2. The quantitative estimate of drug-likeness (QED) is 0.153. The lowest BCUT2D eigenvalue weighted by atomic mass is 9.67. The summed E-state index contributed by atoms with van der Waals surface area (Å²) < 4.78 is 0. The Morgan fingerprint density at radius 3 is 1.52 bits per heavy atom. The SMILES string of the molecule is c1ccc(-c2nc(-c3ccc(-c4cccnc4)cc3)cc(-c3ccc(-c4ccc(-c5cccc6c5-c5ccccc5C6(c5ccccc5)c5ccccc5)cc4)c4ccccc34)n2)cc1. The molecule has 9 aromatic carbocycles. The molecule has 0 atom stereocenters. The molecule has 0 saturated heterocycles. The number of benzene rings is 9. The molecule has 0 fully saturated rings. The summed E-state index contributed by atoms with van der Waals surface area (Å²) in [5, 5.41) is 2.31. The Morgan fingerprint density at radius 2 is 0.831 bits per heavy atom. The summed E-state index contributed by atoms with van der Waals surface area (Å²) in [7, 11) is 0. The van der Waals surface area contributed by atoms with Gasteiger partial charge in [0.25, 0.3) is 0 Å². The highest BCUT2D eigenvalue weighted by atomic mass is 14.9. The minimum Gasteiger partial charge on any atom is -0.264 e. The maximum atomic E-state index is 5.24. The number of hydrogen-bond acceptors (Lipinski definition) is 3. The zero-order valence-electron chi connectivity index (χ0n) is 35.5. The molecule has 1 aliphatic rings. The topological polar surface area (TPSA) is 38.7 Å². The normalized spacial score (nSPS) is 12.4. The molecule has 65 heavy (non-hydrogen) atoms. The van der Waals surface area contributed by atoms with Gasteiger partial charge in [-0.25, -0.2) is 9.97 Å². The second-order valence-electron chi connectivity index (χ2n) is 16.7. The van der Waals surface area contributed by atoms with Crippen LogP contribution in [0, 0.1) is 0 Å². The Bertz CT molecular complexity index is 3450. The molecular formula is C62H41N3. The van der Waals surface area contributed by atoms with Crippen molar-refractivity contribution in [2.75, 3.05) is 0 Å². The Morgan fingerprint density at radius 1 is 0.308 bits per heavy atom. The lowest BCUT2D eigenvalue weighted by molar-refractivity contribution is 0.768. The summed E-state index contributed by atoms with van der Waals surface area (Å²) in [6.45, 7) is 0. The molecule has 0 spiro atoms. The van der Waals surface area contributed by atoms with Crippen LogP contribution >= 0.6 is 0 Å². The molecule has 11 aromatic rings. The van der Waals surface area contributed by atoms with E-state index in [9.17, 15) is 0 Å². The fourth-order valence-electron chi connectivity index (χ4n) is 10.2. The Kier molecular flexibility index (Phi) is 9.39. The molecule has 0 aliphatic heterocycles. The number of rotatable bonds is 8. The van der Waals surface area contributed by atoms with Crippen LogP contribution in [-0.4, -0.2) is 15.0 Å². The van der Waals surface area contributed by atoms with Gasteiger partial charge in [0.1, 0.15) is 0 Å². The molecule has 0 saturated carbocycles. The lowest BCUT2D eigenvalue weighted by Gasteiger charge is -2.34. The molecule has 0 N–H and O–H groups in total. The van der Waals surface area contributed by atoms with E-state index in [2.05, 4.69) is 217 Å².